The number of hydrogen-bond acceptors (Lipinski definition) is 3. The van der Waals surface area contributed by atoms with Crippen molar-refractivity contribution in [3.05, 3.63) is 0 Å². The van der Waals surface area contributed by atoms with Crippen molar-refractivity contribution in [1.82, 2.24) is 14.3 Å². The van der Waals surface area contributed by atoms with Crippen LogP contribution in [0.4, 0.5) is 13.2 Å². The average molecular weight is 317 g/mol. The van der Waals surface area contributed by atoms with Crippen LogP contribution in [0.1, 0.15) is 26.2 Å². The predicted molar refractivity (Wildman–Crippen MR) is 70.4 cm³/mol. The minimum Gasteiger partial charge on any atom is -0.316 e. The van der Waals surface area contributed by atoms with Crippen LogP contribution in [0.3, 0.4) is 0 Å². The first kappa shape index (κ1) is 17.7. The van der Waals surface area contributed by atoms with Gasteiger partial charge in [-0.1, -0.05) is 6.92 Å². The van der Waals surface area contributed by atoms with Crippen LogP contribution < -0.4 is 10.0 Å². The maximum Gasteiger partial charge on any atom is 0.402 e. The highest BCUT2D eigenvalue weighted by atomic mass is 32.2. The van der Waals surface area contributed by atoms with Crippen LogP contribution in [0.5, 0.6) is 0 Å². The van der Waals surface area contributed by atoms with Crippen LogP contribution >= 0.6 is 0 Å². The summed E-state index contributed by atoms with van der Waals surface area (Å²) in [5.74, 6) is 0.151. The van der Waals surface area contributed by atoms with Gasteiger partial charge in [0.25, 0.3) is 10.2 Å². The van der Waals surface area contributed by atoms with Crippen LogP contribution in [0.25, 0.3) is 0 Å². The van der Waals surface area contributed by atoms with Gasteiger partial charge in [-0.05, 0) is 38.3 Å². The van der Waals surface area contributed by atoms with Gasteiger partial charge < -0.3 is 5.32 Å². The van der Waals surface area contributed by atoms with E-state index in [0.717, 1.165) is 23.7 Å². The fourth-order valence-electron chi connectivity index (χ4n) is 2.19. The first-order valence-electron chi connectivity index (χ1n) is 6.77. The van der Waals surface area contributed by atoms with Gasteiger partial charge in [-0.15, -0.1) is 0 Å². The Morgan fingerprint density at radius 3 is 2.60 bits per heavy atom. The van der Waals surface area contributed by atoms with E-state index in [1.165, 1.54) is 0 Å². The van der Waals surface area contributed by atoms with Crippen LogP contribution in [-0.4, -0.2) is 51.6 Å². The van der Waals surface area contributed by atoms with Gasteiger partial charge in [0, 0.05) is 13.1 Å². The van der Waals surface area contributed by atoms with Crippen molar-refractivity contribution in [3.8, 4) is 0 Å². The Labute approximate surface area is 118 Å². The molecule has 0 saturated carbocycles. The van der Waals surface area contributed by atoms with E-state index in [0.29, 0.717) is 13.0 Å². The molecule has 2 N–H and O–H groups in total. The quantitative estimate of drug-likeness (QED) is 0.739. The summed E-state index contributed by atoms with van der Waals surface area (Å²) in [6.07, 6.45) is -2.13. The highest BCUT2D eigenvalue weighted by molar-refractivity contribution is 7.87. The molecule has 5 nitrogen and oxygen atoms in total. The van der Waals surface area contributed by atoms with Crippen molar-refractivity contribution in [2.75, 3.05) is 32.7 Å². The molecule has 1 unspecified atom stereocenters. The molecule has 1 fully saturated rings. The van der Waals surface area contributed by atoms with E-state index in [9.17, 15) is 21.6 Å². The van der Waals surface area contributed by atoms with Gasteiger partial charge in [-0.3, -0.25) is 0 Å². The van der Waals surface area contributed by atoms with E-state index in [2.05, 4.69) is 5.32 Å². The molecule has 1 aliphatic heterocycles. The zero-order chi connectivity index (χ0) is 15.2. The third-order valence-electron chi connectivity index (χ3n) is 3.13. The predicted octanol–water partition coefficient (Wildman–Crippen LogP) is 1.09. The Bertz CT molecular complexity index is 381. The smallest absolute Gasteiger partial charge is 0.316 e. The molecule has 1 saturated heterocycles. The maximum atomic E-state index is 12.1. The Morgan fingerprint density at radius 2 is 2.10 bits per heavy atom. The summed E-state index contributed by atoms with van der Waals surface area (Å²) in [6, 6.07) is 0. The largest absolute Gasteiger partial charge is 0.402 e. The molecule has 0 aromatic carbocycles. The molecule has 120 valence electrons. The first-order chi connectivity index (χ1) is 9.24. The summed E-state index contributed by atoms with van der Waals surface area (Å²) in [5, 5.41) is 3.17. The van der Waals surface area contributed by atoms with Gasteiger partial charge in [0.05, 0.1) is 0 Å². The molecule has 0 amide bonds. The van der Waals surface area contributed by atoms with Crippen molar-refractivity contribution in [1.29, 1.82) is 0 Å². The zero-order valence-corrected chi connectivity index (χ0v) is 12.4. The number of rotatable bonds is 7. The van der Waals surface area contributed by atoms with Crippen molar-refractivity contribution in [3.63, 3.8) is 0 Å². The van der Waals surface area contributed by atoms with Crippen molar-refractivity contribution in [2.45, 2.75) is 32.4 Å². The second-order valence-electron chi connectivity index (χ2n) is 5.01. The van der Waals surface area contributed by atoms with E-state index < -0.39 is 22.9 Å². The summed E-state index contributed by atoms with van der Waals surface area (Å²) in [4.78, 5) is 0. The Hall–Kier alpha value is -0.380. The standard InChI is InChI=1S/C11H22F3N3O2S/c1-2-6-17(8-10-4-3-5-15-7-10)20(18,19)16-9-11(12,13)14/h10,15-16H,2-9H2,1H3. The summed E-state index contributed by atoms with van der Waals surface area (Å²) in [7, 11) is -4.08. The summed E-state index contributed by atoms with van der Waals surface area (Å²) in [6.45, 7) is 2.36. The van der Waals surface area contributed by atoms with Gasteiger partial charge in [0.1, 0.15) is 6.54 Å². The molecule has 0 aromatic rings. The topological polar surface area (TPSA) is 61.4 Å². The second kappa shape index (κ2) is 7.58. The molecule has 20 heavy (non-hydrogen) atoms. The fourth-order valence-corrected chi connectivity index (χ4v) is 3.55. The summed E-state index contributed by atoms with van der Waals surface area (Å²) >= 11 is 0. The Kier molecular flexibility index (Phi) is 6.70. The average Bonchev–Trinajstić information content (AvgIpc) is 2.37. The molecular weight excluding hydrogens is 295 g/mol. The highest BCUT2D eigenvalue weighted by Crippen LogP contribution is 2.16. The van der Waals surface area contributed by atoms with Crippen LogP contribution in [0, 0.1) is 5.92 Å². The number of halogens is 3. The summed E-state index contributed by atoms with van der Waals surface area (Å²) in [5.41, 5.74) is 0. The number of nitrogens with zero attached hydrogens (tertiary/aromatic N) is 1. The molecule has 1 heterocycles. The summed E-state index contributed by atoms with van der Waals surface area (Å²) < 4.78 is 63.0. The van der Waals surface area contributed by atoms with Crippen molar-refractivity contribution >= 4 is 10.2 Å². The number of alkyl halides is 3. The second-order valence-corrected chi connectivity index (χ2v) is 6.77. The lowest BCUT2D eigenvalue weighted by atomic mass is 10.00. The molecule has 0 aromatic heterocycles. The number of hydrogen-bond donors (Lipinski definition) is 2. The normalized spacial score (nSPS) is 21.4. The first-order valence-corrected chi connectivity index (χ1v) is 8.21. The maximum absolute atomic E-state index is 12.1. The third-order valence-corrected chi connectivity index (χ3v) is 4.65. The number of nitrogens with one attached hydrogen (secondary N) is 2. The monoisotopic (exact) mass is 317 g/mol. The van der Waals surface area contributed by atoms with Crippen LogP contribution in [-0.2, 0) is 10.2 Å². The minimum atomic E-state index is -4.54. The van der Waals surface area contributed by atoms with E-state index >= 15 is 0 Å². The zero-order valence-electron chi connectivity index (χ0n) is 11.5. The molecule has 1 aliphatic rings. The Morgan fingerprint density at radius 1 is 1.40 bits per heavy atom. The highest BCUT2D eigenvalue weighted by Gasteiger charge is 2.32. The van der Waals surface area contributed by atoms with Gasteiger partial charge in [0.2, 0.25) is 0 Å². The van der Waals surface area contributed by atoms with E-state index in [-0.39, 0.29) is 19.0 Å². The van der Waals surface area contributed by atoms with Crippen LogP contribution in [0.15, 0.2) is 0 Å². The molecule has 0 bridgehead atoms. The number of piperidine rings is 1. The lowest BCUT2D eigenvalue weighted by molar-refractivity contribution is -0.121. The SMILES string of the molecule is CCCN(CC1CCCNC1)S(=O)(=O)NCC(F)(F)F. The molecule has 1 atom stereocenters. The van der Waals surface area contributed by atoms with Crippen molar-refractivity contribution < 1.29 is 21.6 Å². The lowest BCUT2D eigenvalue weighted by Gasteiger charge is -2.29. The molecule has 1 rings (SSSR count). The van der Waals surface area contributed by atoms with Gasteiger partial charge >= 0.3 is 6.18 Å². The Balaban J connectivity index is 2.62. The molecule has 9 heteroatoms. The third kappa shape index (κ3) is 6.38. The van der Waals surface area contributed by atoms with E-state index in [4.69, 9.17) is 0 Å². The van der Waals surface area contributed by atoms with Gasteiger partial charge in [0.15, 0.2) is 0 Å². The van der Waals surface area contributed by atoms with Gasteiger partial charge in [-0.25, -0.2) is 0 Å². The molecule has 0 radical (unpaired) electrons. The lowest BCUT2D eigenvalue weighted by Crippen LogP contribution is -2.48. The van der Waals surface area contributed by atoms with Gasteiger partial charge in [-0.2, -0.15) is 30.6 Å². The molecule has 0 aliphatic carbocycles. The van der Waals surface area contributed by atoms with E-state index in [1.807, 2.05) is 0 Å². The fraction of sp³-hybridized carbons (Fsp3) is 1.00. The molecule has 0 spiro atoms. The minimum absolute atomic E-state index is 0.151. The van der Waals surface area contributed by atoms with E-state index in [1.54, 1.807) is 11.6 Å². The van der Waals surface area contributed by atoms with Crippen molar-refractivity contribution in [2.24, 2.45) is 5.92 Å². The van der Waals surface area contributed by atoms with Crippen LogP contribution in [0.2, 0.25) is 0 Å². The molecular formula is C11H22F3N3O2S.